The van der Waals surface area contributed by atoms with Crippen LogP contribution >= 0.6 is 0 Å². The van der Waals surface area contributed by atoms with Gasteiger partial charge in [-0.25, -0.2) is 8.78 Å². The monoisotopic (exact) mass is 197 g/mol. The molecule has 1 saturated carbocycles. The smallest absolute Gasteiger partial charge is 0.129 e. The minimum Gasteiger partial charge on any atom is -0.325 e. The molecule has 0 atom stereocenters. The summed E-state index contributed by atoms with van der Waals surface area (Å²) in [6.45, 7) is 1.66. The molecule has 1 aromatic rings. The Morgan fingerprint density at radius 1 is 1.36 bits per heavy atom. The molecule has 0 aliphatic heterocycles. The Labute approximate surface area is 81.9 Å². The molecular weight excluding hydrogens is 184 g/mol. The SMILES string of the molecule is Cc1c(F)cc(F)cc1CC1(N)CC1. The van der Waals surface area contributed by atoms with Gasteiger partial charge in [0.05, 0.1) is 0 Å². The van der Waals surface area contributed by atoms with Gasteiger partial charge in [-0.05, 0) is 43.4 Å². The summed E-state index contributed by atoms with van der Waals surface area (Å²) in [4.78, 5) is 0. The fourth-order valence-electron chi connectivity index (χ4n) is 1.60. The molecule has 1 aliphatic rings. The lowest BCUT2D eigenvalue weighted by Crippen LogP contribution is -2.25. The molecule has 0 bridgehead atoms. The van der Waals surface area contributed by atoms with Gasteiger partial charge in [-0.3, -0.25) is 0 Å². The van der Waals surface area contributed by atoms with E-state index in [1.54, 1.807) is 6.92 Å². The van der Waals surface area contributed by atoms with E-state index in [4.69, 9.17) is 5.73 Å². The molecule has 0 aromatic heterocycles. The fraction of sp³-hybridized carbons (Fsp3) is 0.455. The lowest BCUT2D eigenvalue weighted by molar-refractivity contribution is 0.567. The molecule has 3 heteroatoms. The van der Waals surface area contributed by atoms with Gasteiger partial charge in [-0.2, -0.15) is 0 Å². The van der Waals surface area contributed by atoms with E-state index in [1.807, 2.05) is 0 Å². The van der Waals surface area contributed by atoms with Crippen molar-refractivity contribution in [3.63, 3.8) is 0 Å². The van der Waals surface area contributed by atoms with Crippen LogP contribution in [0.1, 0.15) is 24.0 Å². The van der Waals surface area contributed by atoms with Crippen molar-refractivity contribution >= 4 is 0 Å². The first-order valence-corrected chi connectivity index (χ1v) is 4.74. The summed E-state index contributed by atoms with van der Waals surface area (Å²) in [5, 5.41) is 0. The van der Waals surface area contributed by atoms with Crippen LogP contribution in [0, 0.1) is 18.6 Å². The molecule has 0 radical (unpaired) electrons. The van der Waals surface area contributed by atoms with Crippen molar-refractivity contribution in [3.8, 4) is 0 Å². The van der Waals surface area contributed by atoms with E-state index in [0.717, 1.165) is 18.9 Å². The molecule has 0 spiro atoms. The minimum atomic E-state index is -0.521. The van der Waals surface area contributed by atoms with Gasteiger partial charge >= 0.3 is 0 Å². The number of halogens is 2. The van der Waals surface area contributed by atoms with Crippen molar-refractivity contribution in [1.29, 1.82) is 0 Å². The molecule has 1 nitrogen and oxygen atoms in total. The van der Waals surface area contributed by atoms with E-state index in [-0.39, 0.29) is 5.54 Å². The van der Waals surface area contributed by atoms with E-state index in [1.165, 1.54) is 6.07 Å². The topological polar surface area (TPSA) is 26.0 Å². The first-order valence-electron chi connectivity index (χ1n) is 4.74. The third-order valence-corrected chi connectivity index (χ3v) is 2.85. The molecule has 0 heterocycles. The predicted octanol–water partition coefficient (Wildman–Crippen LogP) is 2.31. The number of nitrogens with two attached hydrogens (primary N) is 1. The molecular formula is C11H13F2N. The summed E-state index contributed by atoms with van der Waals surface area (Å²) >= 11 is 0. The highest BCUT2D eigenvalue weighted by Crippen LogP contribution is 2.36. The largest absolute Gasteiger partial charge is 0.325 e. The van der Waals surface area contributed by atoms with Crippen LogP contribution in [0.3, 0.4) is 0 Å². The van der Waals surface area contributed by atoms with E-state index >= 15 is 0 Å². The van der Waals surface area contributed by atoms with E-state index in [0.29, 0.717) is 17.5 Å². The second-order valence-electron chi connectivity index (χ2n) is 4.21. The van der Waals surface area contributed by atoms with Crippen LogP contribution in [-0.2, 0) is 6.42 Å². The van der Waals surface area contributed by atoms with Crippen molar-refractivity contribution in [2.75, 3.05) is 0 Å². The first-order chi connectivity index (χ1) is 6.50. The highest BCUT2D eigenvalue weighted by molar-refractivity contribution is 5.31. The lowest BCUT2D eigenvalue weighted by atomic mass is 9.99. The Morgan fingerprint density at radius 2 is 2.00 bits per heavy atom. The van der Waals surface area contributed by atoms with Crippen LogP contribution in [0.15, 0.2) is 12.1 Å². The highest BCUT2D eigenvalue weighted by atomic mass is 19.1. The van der Waals surface area contributed by atoms with Crippen LogP contribution < -0.4 is 5.73 Å². The summed E-state index contributed by atoms with van der Waals surface area (Å²) in [5.41, 5.74) is 6.91. The highest BCUT2D eigenvalue weighted by Gasteiger charge is 2.38. The van der Waals surface area contributed by atoms with Gasteiger partial charge in [0.25, 0.3) is 0 Å². The maximum Gasteiger partial charge on any atom is 0.129 e. The van der Waals surface area contributed by atoms with Gasteiger partial charge in [0.2, 0.25) is 0 Å². The van der Waals surface area contributed by atoms with Crippen LogP contribution in [-0.4, -0.2) is 5.54 Å². The summed E-state index contributed by atoms with van der Waals surface area (Å²) in [5.74, 6) is -1.00. The normalized spacial score (nSPS) is 18.3. The third-order valence-electron chi connectivity index (χ3n) is 2.85. The van der Waals surface area contributed by atoms with Crippen LogP contribution in [0.2, 0.25) is 0 Å². The van der Waals surface area contributed by atoms with Gasteiger partial charge in [0.15, 0.2) is 0 Å². The Hall–Kier alpha value is -0.960. The zero-order valence-electron chi connectivity index (χ0n) is 8.11. The Kier molecular flexibility index (Phi) is 2.07. The van der Waals surface area contributed by atoms with Crippen molar-refractivity contribution < 1.29 is 8.78 Å². The first kappa shape index (κ1) is 9.59. The van der Waals surface area contributed by atoms with E-state index in [9.17, 15) is 8.78 Å². The summed E-state index contributed by atoms with van der Waals surface area (Å²) in [6.07, 6.45) is 2.47. The summed E-state index contributed by atoms with van der Waals surface area (Å²) < 4.78 is 26.1. The lowest BCUT2D eigenvalue weighted by Gasteiger charge is -2.11. The molecule has 0 amide bonds. The van der Waals surface area contributed by atoms with Gasteiger partial charge in [-0.1, -0.05) is 0 Å². The molecule has 2 rings (SSSR count). The van der Waals surface area contributed by atoms with Gasteiger partial charge in [0, 0.05) is 11.6 Å². The molecule has 1 aliphatic carbocycles. The van der Waals surface area contributed by atoms with Gasteiger partial charge in [-0.15, -0.1) is 0 Å². The number of benzene rings is 1. The Balaban J connectivity index is 2.32. The maximum atomic E-state index is 13.2. The molecule has 2 N–H and O–H groups in total. The zero-order chi connectivity index (χ0) is 10.3. The van der Waals surface area contributed by atoms with Crippen molar-refractivity contribution in [2.24, 2.45) is 5.73 Å². The molecule has 1 aromatic carbocycles. The zero-order valence-corrected chi connectivity index (χ0v) is 8.11. The van der Waals surface area contributed by atoms with E-state index < -0.39 is 11.6 Å². The van der Waals surface area contributed by atoms with Crippen LogP contribution in [0.4, 0.5) is 8.78 Å². The van der Waals surface area contributed by atoms with Crippen molar-refractivity contribution in [3.05, 3.63) is 34.9 Å². The Morgan fingerprint density at radius 3 is 2.57 bits per heavy atom. The summed E-state index contributed by atoms with van der Waals surface area (Å²) in [6, 6.07) is 2.29. The Bertz CT molecular complexity index is 370. The number of hydrogen-bond acceptors (Lipinski definition) is 1. The molecule has 76 valence electrons. The van der Waals surface area contributed by atoms with E-state index in [2.05, 4.69) is 0 Å². The average Bonchev–Trinajstić information content (AvgIpc) is 2.79. The maximum absolute atomic E-state index is 13.2. The number of rotatable bonds is 2. The quantitative estimate of drug-likeness (QED) is 0.773. The van der Waals surface area contributed by atoms with Crippen LogP contribution in [0.25, 0.3) is 0 Å². The average molecular weight is 197 g/mol. The predicted molar refractivity (Wildman–Crippen MR) is 51.0 cm³/mol. The van der Waals surface area contributed by atoms with Gasteiger partial charge in [0.1, 0.15) is 11.6 Å². The van der Waals surface area contributed by atoms with Crippen molar-refractivity contribution in [2.45, 2.75) is 31.7 Å². The summed E-state index contributed by atoms with van der Waals surface area (Å²) in [7, 11) is 0. The molecule has 0 saturated heterocycles. The second-order valence-corrected chi connectivity index (χ2v) is 4.21. The minimum absolute atomic E-state index is 0.203. The third kappa shape index (κ3) is 1.77. The molecule has 0 unspecified atom stereocenters. The van der Waals surface area contributed by atoms with Crippen LogP contribution in [0.5, 0.6) is 0 Å². The fourth-order valence-corrected chi connectivity index (χ4v) is 1.60. The van der Waals surface area contributed by atoms with Gasteiger partial charge < -0.3 is 5.73 Å². The number of hydrogen-bond donors (Lipinski definition) is 1. The molecule has 1 fully saturated rings. The second kappa shape index (κ2) is 3.02. The molecule has 14 heavy (non-hydrogen) atoms. The standard InChI is InChI=1S/C11H13F2N/c1-7-8(6-11(14)2-3-11)4-9(12)5-10(7)13/h4-5H,2-3,6,14H2,1H3. The van der Waals surface area contributed by atoms with Crippen molar-refractivity contribution in [1.82, 2.24) is 0 Å².